The molecule has 3 rings (SSSR count). The average molecular weight is 271 g/mol. The lowest BCUT2D eigenvalue weighted by Crippen LogP contribution is -2.39. The van der Waals surface area contributed by atoms with Gasteiger partial charge in [-0.2, -0.15) is 0 Å². The van der Waals surface area contributed by atoms with Crippen molar-refractivity contribution in [2.24, 2.45) is 0 Å². The van der Waals surface area contributed by atoms with Crippen LogP contribution in [0.25, 0.3) is 10.8 Å². The number of hydrogen-bond donors (Lipinski definition) is 2. The number of methoxy groups -OCH3 is 1. The van der Waals surface area contributed by atoms with Crippen LogP contribution in [0.2, 0.25) is 0 Å². The topological polar surface area (TPSA) is 41.5 Å². The maximum atomic E-state index is 10.8. The molecule has 2 aromatic carbocycles. The summed E-state index contributed by atoms with van der Waals surface area (Å²) in [7, 11) is 1.66. The van der Waals surface area contributed by atoms with Gasteiger partial charge < -0.3 is 15.2 Å². The van der Waals surface area contributed by atoms with Gasteiger partial charge in [0.2, 0.25) is 0 Å². The molecule has 1 fully saturated rings. The third-order valence-electron chi connectivity index (χ3n) is 4.18. The number of aliphatic hydroxyl groups is 1. The molecule has 0 amide bonds. The number of fused-ring (bicyclic) bond motifs is 1. The zero-order valence-electron chi connectivity index (χ0n) is 11.8. The van der Waals surface area contributed by atoms with E-state index in [2.05, 4.69) is 17.4 Å². The van der Waals surface area contributed by atoms with E-state index in [1.165, 1.54) is 12.8 Å². The van der Waals surface area contributed by atoms with Gasteiger partial charge in [-0.3, -0.25) is 0 Å². The first-order valence-electron chi connectivity index (χ1n) is 7.28. The molecule has 1 aliphatic heterocycles. The minimum Gasteiger partial charge on any atom is -0.496 e. The van der Waals surface area contributed by atoms with Crippen LogP contribution in [0.5, 0.6) is 5.75 Å². The van der Waals surface area contributed by atoms with Crippen molar-refractivity contribution in [1.29, 1.82) is 0 Å². The number of ether oxygens (including phenoxy) is 1. The summed E-state index contributed by atoms with van der Waals surface area (Å²) in [5, 5.41) is 16.5. The molecule has 1 saturated heterocycles. The van der Waals surface area contributed by atoms with Gasteiger partial charge >= 0.3 is 0 Å². The Labute approximate surface area is 119 Å². The normalized spacial score (nSPS) is 20.8. The van der Waals surface area contributed by atoms with Gasteiger partial charge in [0.15, 0.2) is 0 Å². The molecule has 0 aromatic heterocycles. The molecule has 0 spiro atoms. The summed E-state index contributed by atoms with van der Waals surface area (Å²) < 4.78 is 5.48. The Balaban J connectivity index is 2.07. The number of piperidine rings is 1. The van der Waals surface area contributed by atoms with Crippen LogP contribution in [0.1, 0.15) is 30.9 Å². The van der Waals surface area contributed by atoms with E-state index >= 15 is 0 Å². The van der Waals surface area contributed by atoms with E-state index in [-0.39, 0.29) is 6.04 Å². The molecule has 2 aromatic rings. The van der Waals surface area contributed by atoms with Crippen molar-refractivity contribution in [3.05, 3.63) is 42.0 Å². The molecular formula is C17H21NO2. The minimum absolute atomic E-state index is 0.114. The maximum Gasteiger partial charge on any atom is 0.125 e. The monoisotopic (exact) mass is 271 g/mol. The predicted octanol–water partition coefficient (Wildman–Crippen LogP) is 3.02. The Morgan fingerprint density at radius 1 is 1.20 bits per heavy atom. The molecule has 3 nitrogen and oxygen atoms in total. The molecule has 2 atom stereocenters. The van der Waals surface area contributed by atoms with Crippen molar-refractivity contribution >= 4 is 10.8 Å². The van der Waals surface area contributed by atoms with Gasteiger partial charge in [-0.25, -0.2) is 0 Å². The van der Waals surface area contributed by atoms with Crippen LogP contribution in [0.3, 0.4) is 0 Å². The number of nitrogens with one attached hydrogen (secondary N) is 1. The van der Waals surface area contributed by atoms with Gasteiger partial charge in [-0.1, -0.05) is 36.8 Å². The Hall–Kier alpha value is -1.58. The highest BCUT2D eigenvalue weighted by Gasteiger charge is 2.26. The highest BCUT2D eigenvalue weighted by molar-refractivity contribution is 5.88. The molecule has 1 heterocycles. The Morgan fingerprint density at radius 3 is 2.80 bits per heavy atom. The van der Waals surface area contributed by atoms with Gasteiger partial charge in [-0.05, 0) is 36.2 Å². The van der Waals surface area contributed by atoms with Crippen LogP contribution < -0.4 is 10.1 Å². The molecule has 0 aliphatic carbocycles. The summed E-state index contributed by atoms with van der Waals surface area (Å²) in [5.74, 6) is 0.767. The predicted molar refractivity (Wildman–Crippen MR) is 81.1 cm³/mol. The van der Waals surface area contributed by atoms with Crippen LogP contribution in [-0.2, 0) is 0 Å². The summed E-state index contributed by atoms with van der Waals surface area (Å²) in [5.41, 5.74) is 0.907. The molecular weight excluding hydrogens is 250 g/mol. The average Bonchev–Trinajstić information content (AvgIpc) is 2.54. The van der Waals surface area contributed by atoms with E-state index in [0.29, 0.717) is 0 Å². The lowest BCUT2D eigenvalue weighted by molar-refractivity contribution is 0.112. The smallest absolute Gasteiger partial charge is 0.125 e. The van der Waals surface area contributed by atoms with Gasteiger partial charge in [-0.15, -0.1) is 0 Å². The number of aliphatic hydroxyl groups excluding tert-OH is 1. The van der Waals surface area contributed by atoms with Crippen LogP contribution in [-0.4, -0.2) is 24.8 Å². The van der Waals surface area contributed by atoms with Crippen LogP contribution in [0.4, 0.5) is 0 Å². The van der Waals surface area contributed by atoms with E-state index in [1.807, 2.05) is 24.3 Å². The van der Waals surface area contributed by atoms with E-state index in [4.69, 9.17) is 4.74 Å². The largest absolute Gasteiger partial charge is 0.496 e. The first-order chi connectivity index (χ1) is 9.81. The molecule has 0 bridgehead atoms. The van der Waals surface area contributed by atoms with Crippen LogP contribution in [0, 0.1) is 0 Å². The molecule has 2 N–H and O–H groups in total. The second-order valence-corrected chi connectivity index (χ2v) is 5.40. The summed E-state index contributed by atoms with van der Waals surface area (Å²) in [4.78, 5) is 0. The van der Waals surface area contributed by atoms with Crippen LogP contribution >= 0.6 is 0 Å². The van der Waals surface area contributed by atoms with Crippen molar-refractivity contribution in [2.75, 3.05) is 13.7 Å². The van der Waals surface area contributed by atoms with Crippen molar-refractivity contribution in [3.63, 3.8) is 0 Å². The first-order valence-corrected chi connectivity index (χ1v) is 7.28. The maximum absolute atomic E-state index is 10.8. The van der Waals surface area contributed by atoms with E-state index < -0.39 is 6.10 Å². The molecule has 20 heavy (non-hydrogen) atoms. The second kappa shape index (κ2) is 5.81. The molecule has 1 aliphatic rings. The summed E-state index contributed by atoms with van der Waals surface area (Å²) in [6.45, 7) is 0.981. The quantitative estimate of drug-likeness (QED) is 0.901. The fourth-order valence-electron chi connectivity index (χ4n) is 3.11. The fourth-order valence-corrected chi connectivity index (χ4v) is 3.11. The second-order valence-electron chi connectivity index (χ2n) is 5.40. The van der Waals surface area contributed by atoms with E-state index in [0.717, 1.165) is 35.1 Å². The Morgan fingerprint density at radius 2 is 2.05 bits per heavy atom. The highest BCUT2D eigenvalue weighted by Crippen LogP contribution is 2.36. The minimum atomic E-state index is -0.531. The van der Waals surface area contributed by atoms with Crippen molar-refractivity contribution in [1.82, 2.24) is 5.32 Å². The molecule has 2 unspecified atom stereocenters. The summed E-state index contributed by atoms with van der Waals surface area (Å²) in [6.07, 6.45) is 2.84. The SMILES string of the molecule is COc1ccc2ccccc2c1C(O)C1CCCCN1. The number of benzene rings is 2. The van der Waals surface area contributed by atoms with Crippen molar-refractivity contribution in [2.45, 2.75) is 31.4 Å². The van der Waals surface area contributed by atoms with Crippen molar-refractivity contribution < 1.29 is 9.84 Å². The molecule has 3 heteroatoms. The fraction of sp³-hybridized carbons (Fsp3) is 0.412. The number of hydrogen-bond acceptors (Lipinski definition) is 3. The lowest BCUT2D eigenvalue weighted by atomic mass is 9.91. The molecule has 0 radical (unpaired) electrons. The highest BCUT2D eigenvalue weighted by atomic mass is 16.5. The summed E-state index contributed by atoms with van der Waals surface area (Å²) in [6, 6.07) is 12.3. The zero-order valence-corrected chi connectivity index (χ0v) is 11.8. The molecule has 106 valence electrons. The van der Waals surface area contributed by atoms with Gasteiger partial charge in [0, 0.05) is 11.6 Å². The number of rotatable bonds is 3. The van der Waals surface area contributed by atoms with E-state index in [9.17, 15) is 5.11 Å². The summed E-state index contributed by atoms with van der Waals surface area (Å²) >= 11 is 0. The zero-order chi connectivity index (χ0) is 13.9. The third kappa shape index (κ3) is 2.39. The van der Waals surface area contributed by atoms with Gasteiger partial charge in [0.1, 0.15) is 5.75 Å². The Kier molecular flexibility index (Phi) is 3.90. The third-order valence-corrected chi connectivity index (χ3v) is 4.18. The van der Waals surface area contributed by atoms with E-state index in [1.54, 1.807) is 7.11 Å². The van der Waals surface area contributed by atoms with Gasteiger partial charge in [0.05, 0.1) is 13.2 Å². The lowest BCUT2D eigenvalue weighted by Gasteiger charge is -2.29. The standard InChI is InChI=1S/C17H21NO2/c1-20-15-10-9-12-6-2-3-7-13(12)16(15)17(19)14-8-4-5-11-18-14/h2-3,6-7,9-10,14,17-19H,4-5,8,11H2,1H3. The van der Waals surface area contributed by atoms with Crippen molar-refractivity contribution in [3.8, 4) is 5.75 Å². The molecule has 0 saturated carbocycles. The van der Waals surface area contributed by atoms with Gasteiger partial charge in [0.25, 0.3) is 0 Å². The first kappa shape index (κ1) is 13.4. The Bertz CT molecular complexity index is 591. The van der Waals surface area contributed by atoms with Crippen LogP contribution in [0.15, 0.2) is 36.4 Å².